The summed E-state index contributed by atoms with van der Waals surface area (Å²) in [6, 6.07) is 30.5. The van der Waals surface area contributed by atoms with Gasteiger partial charge in [-0.25, -0.2) is 41.3 Å². The largest absolute Gasteiger partial charge is 0.416 e. The van der Waals surface area contributed by atoms with Crippen molar-refractivity contribution in [2.45, 2.75) is 60.9 Å². The van der Waals surface area contributed by atoms with Crippen molar-refractivity contribution in [2.24, 2.45) is 0 Å². The highest BCUT2D eigenvalue weighted by Crippen LogP contribution is 2.55. The molecule has 0 aliphatic carbocycles. The van der Waals surface area contributed by atoms with Crippen molar-refractivity contribution in [2.75, 3.05) is 93.2 Å². The number of hydrogen-bond donors (Lipinski definition) is 0. The number of carbonyl (C=O) groups excluding carboxylic acids is 3. The number of aromatic nitrogens is 3. The van der Waals surface area contributed by atoms with Crippen LogP contribution in [0.4, 0.5) is 56.6 Å². The van der Waals surface area contributed by atoms with Gasteiger partial charge in [-0.15, -0.1) is 0 Å². The summed E-state index contributed by atoms with van der Waals surface area (Å²) in [5.74, 6) is -4.35. The van der Waals surface area contributed by atoms with Crippen molar-refractivity contribution in [1.82, 2.24) is 29.7 Å². The molecule has 15 rings (SSSR count). The molecule has 3 aromatic heterocycles. The van der Waals surface area contributed by atoms with Gasteiger partial charge < -0.3 is 14.7 Å². The van der Waals surface area contributed by atoms with Gasteiger partial charge in [-0.05, 0) is 199 Å². The molecule has 3 saturated heterocycles. The third-order valence-corrected chi connectivity index (χ3v) is 23.2. The quantitative estimate of drug-likeness (QED) is 0.0872. The second-order valence-electron chi connectivity index (χ2n) is 28.0. The topological polar surface area (TPSA) is 109 Å². The molecule has 9 aromatic rings. The van der Waals surface area contributed by atoms with E-state index < -0.39 is 52.1 Å². The minimum Gasteiger partial charge on any atom is -0.307 e. The Labute approximate surface area is 663 Å². The average molecular weight is 1650 g/mol. The molecule has 0 unspecified atom stereocenters. The number of amides is 3. The summed E-state index contributed by atoms with van der Waals surface area (Å²) in [6.45, 7) is 7.24. The molecule has 0 atom stereocenters. The second kappa shape index (κ2) is 33.5. The number of piperidine rings is 3. The van der Waals surface area contributed by atoms with Gasteiger partial charge in [0, 0.05) is 158 Å². The number of fused-ring (bicyclic) bond motifs is 6. The Bertz CT molecular complexity index is 5110. The molecule has 9 heterocycles. The molecule has 3 spiro atoms. The molecule has 0 N–H and O–H groups in total. The van der Waals surface area contributed by atoms with E-state index in [0.29, 0.717) is 118 Å². The van der Waals surface area contributed by atoms with Crippen LogP contribution in [0.5, 0.6) is 0 Å². The summed E-state index contributed by atoms with van der Waals surface area (Å²) in [5, 5.41) is 2.63. The summed E-state index contributed by atoms with van der Waals surface area (Å²) in [5.41, 5.74) is 4.52. The van der Waals surface area contributed by atoms with Crippen molar-refractivity contribution in [3.63, 3.8) is 0 Å². The molecule has 6 aromatic carbocycles. The van der Waals surface area contributed by atoms with Crippen LogP contribution in [0, 0.1) is 34.9 Å². The summed E-state index contributed by atoms with van der Waals surface area (Å²) < 4.78 is 122. The fourth-order valence-corrected chi connectivity index (χ4v) is 17.3. The molecule has 28 heteroatoms. The Morgan fingerprint density at radius 2 is 0.773 bits per heavy atom. The fourth-order valence-electron chi connectivity index (χ4n) is 15.6. The number of hydrogen-bond acceptors (Lipinski definition) is 9. The van der Waals surface area contributed by atoms with Crippen LogP contribution in [0.25, 0.3) is 18.2 Å². The van der Waals surface area contributed by atoms with E-state index in [9.17, 15) is 53.9 Å². The van der Waals surface area contributed by atoms with Crippen molar-refractivity contribution < 1.29 is 53.9 Å². The Morgan fingerprint density at radius 3 is 1.17 bits per heavy atom. The number of likely N-dealkylation sites (tertiary alicyclic amines) is 3. The van der Waals surface area contributed by atoms with E-state index in [1.54, 1.807) is 76.6 Å². The van der Waals surface area contributed by atoms with E-state index >= 15 is 0 Å². The molecule has 0 saturated carbocycles. The third-order valence-electron chi connectivity index (χ3n) is 21.3. The molecule has 0 bridgehead atoms. The monoisotopic (exact) mass is 1640 g/mol. The Hall–Kier alpha value is -8.32. The van der Waals surface area contributed by atoms with Crippen LogP contribution in [0.1, 0.15) is 109 Å². The molecule has 3 fully saturated rings. The van der Waals surface area contributed by atoms with Crippen molar-refractivity contribution in [1.29, 1.82) is 0 Å². The highest BCUT2D eigenvalue weighted by Gasteiger charge is 2.51. The number of carbonyl (C=O) groups is 3. The number of halogens is 16. The van der Waals surface area contributed by atoms with Gasteiger partial charge in [-0.2, -0.15) is 13.2 Å². The lowest BCUT2D eigenvalue weighted by molar-refractivity contribution is -0.137. The van der Waals surface area contributed by atoms with Crippen molar-refractivity contribution in [3.05, 3.63) is 296 Å². The van der Waals surface area contributed by atoms with Gasteiger partial charge in [0.2, 0.25) is 0 Å². The summed E-state index contributed by atoms with van der Waals surface area (Å²) in [7, 11) is 0. The molecular weight excluding hydrogens is 1580 g/mol. The molecule has 6 aliphatic rings. The van der Waals surface area contributed by atoms with Crippen LogP contribution in [0.3, 0.4) is 0 Å². The van der Waals surface area contributed by atoms with E-state index in [4.69, 9.17) is 81.2 Å². The minimum absolute atomic E-state index is 0.152. The number of benzene rings is 6. The predicted octanol–water partition coefficient (Wildman–Crippen LogP) is 20.8. The zero-order valence-corrected chi connectivity index (χ0v) is 63.7. The van der Waals surface area contributed by atoms with E-state index in [0.717, 1.165) is 98.6 Å². The van der Waals surface area contributed by atoms with Gasteiger partial charge in [0.25, 0.3) is 17.7 Å². The molecular formula is C82H67Cl7F9N9O3. The maximum absolute atomic E-state index is 13.9. The molecule has 110 heavy (non-hydrogen) atoms. The SMILES string of the molecule is O=C(c1ccnc(Cl)c1)N1CC2(CCN(C/C=C/c3ccc(F)cc3F)CC2)c2c(Cl)cc(Cl)cc21.O=C(c1ccnc(Cl)c1)N1CC2(CCN(C/C=C/c3ccc(F)cc3F)CC2)c2c1ccc(Cl)c2Cl.O=C(c1ccnc(Cl)c1)N1CC2(CCN(C/C=C/c3ccc(F)cc3F)CC2)c2cc(C(F)(F)F)ccc21. The zero-order chi connectivity index (χ0) is 78.0. The normalized spacial score (nSPS) is 17.3. The van der Waals surface area contributed by atoms with Crippen LogP contribution in [0.2, 0.25) is 35.5 Å². The van der Waals surface area contributed by atoms with Gasteiger partial charge >= 0.3 is 6.18 Å². The van der Waals surface area contributed by atoms with Crippen molar-refractivity contribution in [3.8, 4) is 0 Å². The van der Waals surface area contributed by atoms with Gasteiger partial charge in [0.15, 0.2) is 0 Å². The van der Waals surface area contributed by atoms with Crippen LogP contribution in [-0.4, -0.2) is 126 Å². The molecule has 570 valence electrons. The zero-order valence-electron chi connectivity index (χ0n) is 58.4. The first-order valence-corrected chi connectivity index (χ1v) is 37.8. The van der Waals surface area contributed by atoms with E-state index in [1.807, 2.05) is 18.2 Å². The number of pyridine rings is 3. The Kier molecular flexibility index (Phi) is 24.3. The summed E-state index contributed by atoms with van der Waals surface area (Å²) >= 11 is 44.2. The van der Waals surface area contributed by atoms with E-state index in [1.165, 1.54) is 84.2 Å². The predicted molar refractivity (Wildman–Crippen MR) is 415 cm³/mol. The summed E-state index contributed by atoms with van der Waals surface area (Å²) in [4.78, 5) is 63.9. The van der Waals surface area contributed by atoms with E-state index in [2.05, 4.69) is 29.7 Å². The van der Waals surface area contributed by atoms with Gasteiger partial charge in [-0.3, -0.25) is 29.1 Å². The van der Waals surface area contributed by atoms with E-state index in [-0.39, 0.29) is 56.1 Å². The molecule has 6 aliphatic heterocycles. The lowest BCUT2D eigenvalue weighted by Gasteiger charge is -2.40. The fraction of sp³-hybridized carbons (Fsp3) is 0.268. The number of rotatable bonds is 12. The number of anilines is 3. The van der Waals surface area contributed by atoms with Gasteiger partial charge in [0.1, 0.15) is 50.4 Å². The average Bonchev–Trinajstić information content (AvgIpc) is 1.58. The van der Waals surface area contributed by atoms with Gasteiger partial charge in [0.05, 0.1) is 21.3 Å². The van der Waals surface area contributed by atoms with Crippen LogP contribution in [0.15, 0.2) is 170 Å². The van der Waals surface area contributed by atoms with Crippen LogP contribution in [-0.2, 0) is 22.4 Å². The lowest BCUT2D eigenvalue weighted by Crippen LogP contribution is -2.46. The summed E-state index contributed by atoms with van der Waals surface area (Å²) in [6.07, 6.45) is 14.6. The highest BCUT2D eigenvalue weighted by molar-refractivity contribution is 6.43. The maximum Gasteiger partial charge on any atom is 0.416 e. The third kappa shape index (κ3) is 17.5. The first-order chi connectivity index (χ1) is 52.6. The lowest BCUT2D eigenvalue weighted by atomic mass is 9.74. The van der Waals surface area contributed by atoms with Crippen molar-refractivity contribution >= 4 is 134 Å². The first kappa shape index (κ1) is 79.8. The first-order valence-electron chi connectivity index (χ1n) is 35.1. The molecule has 12 nitrogen and oxygen atoms in total. The number of nitrogens with zero attached hydrogens (tertiary/aromatic N) is 9. The molecule has 0 radical (unpaired) electrons. The number of alkyl halides is 3. The Morgan fingerprint density at radius 1 is 0.400 bits per heavy atom. The molecule has 3 amide bonds. The maximum atomic E-state index is 13.9. The van der Waals surface area contributed by atoms with Gasteiger partial charge in [-0.1, -0.05) is 118 Å². The van der Waals surface area contributed by atoms with Crippen LogP contribution < -0.4 is 14.7 Å². The van der Waals surface area contributed by atoms with Crippen LogP contribution >= 0.6 is 81.2 Å². The minimum atomic E-state index is -4.51. The smallest absolute Gasteiger partial charge is 0.307 e. The standard InChI is InChI=1S/C28H23ClF5N3O.2C27H22Cl3F2N3O/c29-25-14-19(7-10-35-25)26(38)37-17-27(22-15-20(28(32,33)34)4-6-24(22)37)8-12-36(13-9-27)11-1-2-18-3-5-21(30)16-23(18)31;28-19-13-21(29)25-23(14-19)35(26(36)18-5-8-33-24(30)12-18)16-27(25)6-10-34(11-7-27)9-1-2-17-3-4-20(31)15-22(17)32;28-20-5-6-22-24(25(20)30)27(16-35(22)26(36)18-7-10-33-23(29)14-18)8-12-34(13-9-27)11-1-2-17-3-4-19(31)15-21(17)32/h1-7,10,14-16H,8-9,11-13,17H2;1-5,8,12-15H,6-7,9-11,16H2;1-7,10,14-15H,8-9,11-13,16H2/b3*2-1+. The highest BCUT2D eigenvalue weighted by atomic mass is 35.5. The Balaban J connectivity index is 0.000000145. The second-order valence-corrected chi connectivity index (χ2v) is 30.8.